The van der Waals surface area contributed by atoms with Crippen LogP contribution in [0.5, 0.6) is 0 Å². The second-order valence-corrected chi connectivity index (χ2v) is 6.22. The molecule has 0 radical (unpaired) electrons. The van der Waals surface area contributed by atoms with Crippen molar-refractivity contribution in [3.8, 4) is 0 Å². The van der Waals surface area contributed by atoms with Gasteiger partial charge < -0.3 is 4.98 Å². The van der Waals surface area contributed by atoms with Crippen molar-refractivity contribution in [1.82, 2.24) is 4.98 Å². The molecule has 0 aliphatic rings. The van der Waals surface area contributed by atoms with Crippen LogP contribution < -0.4 is 0 Å². The van der Waals surface area contributed by atoms with Crippen LogP contribution in [-0.2, 0) is 6.42 Å². The van der Waals surface area contributed by atoms with Gasteiger partial charge in [-0.15, -0.1) is 0 Å². The zero-order valence-corrected chi connectivity index (χ0v) is 11.3. The molecule has 16 heavy (non-hydrogen) atoms. The Balaban J connectivity index is 2.52. The van der Waals surface area contributed by atoms with E-state index in [2.05, 4.69) is 41.7 Å². The van der Waals surface area contributed by atoms with E-state index in [1.54, 1.807) is 0 Å². The molecule has 1 N–H and O–H groups in total. The van der Waals surface area contributed by atoms with E-state index in [9.17, 15) is 4.39 Å². The highest BCUT2D eigenvalue weighted by Crippen LogP contribution is 2.29. The second-order valence-electron chi connectivity index (χ2n) is 5.36. The predicted octanol–water partition coefficient (Wildman–Crippen LogP) is 4.66. The van der Waals surface area contributed by atoms with E-state index in [0.717, 1.165) is 17.3 Å². The normalized spacial score (nSPS) is 12.3. The van der Waals surface area contributed by atoms with Crippen molar-refractivity contribution in [3.63, 3.8) is 0 Å². The molecular weight excluding hydrogens is 269 g/mol. The Bertz CT molecular complexity index is 522. The van der Waals surface area contributed by atoms with Gasteiger partial charge in [0.1, 0.15) is 5.82 Å². The van der Waals surface area contributed by atoms with E-state index in [-0.39, 0.29) is 11.2 Å². The monoisotopic (exact) mass is 283 g/mol. The average Bonchev–Trinajstić information content (AvgIpc) is 2.47. The molecule has 0 atom stereocenters. The van der Waals surface area contributed by atoms with E-state index in [0.29, 0.717) is 4.47 Å². The largest absolute Gasteiger partial charge is 0.361 e. The smallest absolute Gasteiger partial charge is 0.139 e. The fraction of sp³-hybridized carbons (Fsp3) is 0.385. The minimum Gasteiger partial charge on any atom is -0.361 e. The molecule has 0 aliphatic heterocycles. The zero-order valence-electron chi connectivity index (χ0n) is 9.70. The predicted molar refractivity (Wildman–Crippen MR) is 69.1 cm³/mol. The molecule has 3 heteroatoms. The quantitative estimate of drug-likeness (QED) is 0.784. The van der Waals surface area contributed by atoms with Crippen LogP contribution in [0, 0.1) is 11.2 Å². The van der Waals surface area contributed by atoms with Gasteiger partial charge in [0.25, 0.3) is 0 Å². The van der Waals surface area contributed by atoms with Crippen molar-refractivity contribution in [2.75, 3.05) is 0 Å². The molecular formula is C13H15BrFN. The molecule has 0 amide bonds. The van der Waals surface area contributed by atoms with Gasteiger partial charge in [-0.3, -0.25) is 0 Å². The van der Waals surface area contributed by atoms with Crippen LogP contribution in [0.2, 0.25) is 0 Å². The first kappa shape index (κ1) is 11.6. The Morgan fingerprint density at radius 1 is 1.31 bits per heavy atom. The van der Waals surface area contributed by atoms with E-state index in [1.165, 1.54) is 11.6 Å². The Morgan fingerprint density at radius 3 is 2.62 bits per heavy atom. The summed E-state index contributed by atoms with van der Waals surface area (Å²) in [6.07, 6.45) is 2.95. The number of hydrogen-bond donors (Lipinski definition) is 1. The molecule has 2 aromatic rings. The van der Waals surface area contributed by atoms with Crippen LogP contribution in [0.3, 0.4) is 0 Å². The van der Waals surface area contributed by atoms with Crippen LogP contribution in [0.25, 0.3) is 10.9 Å². The third-order valence-corrected chi connectivity index (χ3v) is 3.14. The maximum absolute atomic E-state index is 13.3. The maximum atomic E-state index is 13.3. The van der Waals surface area contributed by atoms with Gasteiger partial charge >= 0.3 is 0 Å². The molecule has 0 aliphatic carbocycles. The minimum absolute atomic E-state index is 0.225. The third-order valence-electron chi connectivity index (χ3n) is 2.53. The lowest BCUT2D eigenvalue weighted by atomic mass is 9.88. The molecule has 1 nitrogen and oxygen atoms in total. The van der Waals surface area contributed by atoms with Crippen molar-refractivity contribution in [2.24, 2.45) is 5.41 Å². The number of benzene rings is 1. The van der Waals surface area contributed by atoms with Gasteiger partial charge in [-0.05, 0) is 45.5 Å². The van der Waals surface area contributed by atoms with Gasteiger partial charge in [0.2, 0.25) is 0 Å². The van der Waals surface area contributed by atoms with Crippen LogP contribution in [0.4, 0.5) is 4.39 Å². The van der Waals surface area contributed by atoms with Crippen LogP contribution in [-0.4, -0.2) is 4.98 Å². The summed E-state index contributed by atoms with van der Waals surface area (Å²) in [6, 6.07) is 3.38. The second kappa shape index (κ2) is 3.88. The van der Waals surface area contributed by atoms with E-state index in [4.69, 9.17) is 0 Å². The lowest BCUT2D eigenvalue weighted by molar-refractivity contribution is 0.412. The fourth-order valence-corrected chi connectivity index (χ4v) is 2.24. The SMILES string of the molecule is CC(C)(C)Cc1c[nH]c2cc(F)c(Br)cc12. The first-order chi connectivity index (χ1) is 7.37. The highest BCUT2D eigenvalue weighted by molar-refractivity contribution is 9.10. The number of H-pyrrole nitrogens is 1. The Kier molecular flexibility index (Phi) is 2.82. The topological polar surface area (TPSA) is 15.8 Å². The first-order valence-corrected chi connectivity index (χ1v) is 6.11. The summed E-state index contributed by atoms with van der Waals surface area (Å²) in [5.41, 5.74) is 2.33. The van der Waals surface area contributed by atoms with Gasteiger partial charge in [0.05, 0.1) is 4.47 Å². The van der Waals surface area contributed by atoms with Crippen LogP contribution in [0.15, 0.2) is 22.8 Å². The lowest BCUT2D eigenvalue weighted by Gasteiger charge is -2.17. The fourth-order valence-electron chi connectivity index (χ4n) is 1.89. The van der Waals surface area contributed by atoms with Crippen molar-refractivity contribution in [2.45, 2.75) is 27.2 Å². The average molecular weight is 284 g/mol. The number of nitrogens with one attached hydrogen (secondary N) is 1. The minimum atomic E-state index is -0.225. The molecule has 1 heterocycles. The van der Waals surface area contributed by atoms with Gasteiger partial charge in [0.15, 0.2) is 0 Å². The molecule has 0 unspecified atom stereocenters. The van der Waals surface area contributed by atoms with Gasteiger partial charge in [0, 0.05) is 17.1 Å². The summed E-state index contributed by atoms with van der Waals surface area (Å²) in [5, 5.41) is 1.10. The molecule has 1 aromatic heterocycles. The summed E-state index contributed by atoms with van der Waals surface area (Å²) in [5.74, 6) is -0.225. The molecule has 0 saturated carbocycles. The number of rotatable bonds is 1. The van der Waals surface area contributed by atoms with Crippen molar-refractivity contribution in [3.05, 3.63) is 34.2 Å². The summed E-state index contributed by atoms with van der Waals surface area (Å²) >= 11 is 3.23. The maximum Gasteiger partial charge on any atom is 0.139 e. The zero-order chi connectivity index (χ0) is 11.9. The summed E-state index contributed by atoms with van der Waals surface area (Å²) in [6.45, 7) is 6.60. The summed E-state index contributed by atoms with van der Waals surface area (Å²) in [4.78, 5) is 3.12. The molecule has 0 spiro atoms. The third kappa shape index (κ3) is 2.29. The van der Waals surface area contributed by atoms with Crippen molar-refractivity contribution >= 4 is 26.8 Å². The molecule has 2 rings (SSSR count). The first-order valence-electron chi connectivity index (χ1n) is 5.32. The Hall–Kier alpha value is -0.830. The standard InChI is InChI=1S/C13H15BrFN/c1-13(2,3)6-8-7-16-12-5-11(15)10(14)4-9(8)12/h4-5,7,16H,6H2,1-3H3. The number of aromatic amines is 1. The summed E-state index contributed by atoms with van der Waals surface area (Å²) < 4.78 is 13.9. The molecule has 0 saturated heterocycles. The Labute approximate surface area is 103 Å². The molecule has 0 fully saturated rings. The highest BCUT2D eigenvalue weighted by atomic mass is 79.9. The van der Waals surface area contributed by atoms with Crippen molar-refractivity contribution in [1.29, 1.82) is 0 Å². The van der Waals surface area contributed by atoms with Gasteiger partial charge in [-0.2, -0.15) is 0 Å². The highest BCUT2D eigenvalue weighted by Gasteiger charge is 2.15. The van der Waals surface area contributed by atoms with E-state index >= 15 is 0 Å². The van der Waals surface area contributed by atoms with Crippen LogP contribution in [0.1, 0.15) is 26.3 Å². The van der Waals surface area contributed by atoms with Crippen LogP contribution >= 0.6 is 15.9 Å². The van der Waals surface area contributed by atoms with Gasteiger partial charge in [-0.1, -0.05) is 20.8 Å². The van der Waals surface area contributed by atoms with Crippen molar-refractivity contribution < 1.29 is 4.39 Å². The number of aromatic nitrogens is 1. The number of halogens is 2. The number of fused-ring (bicyclic) bond motifs is 1. The van der Waals surface area contributed by atoms with Gasteiger partial charge in [-0.25, -0.2) is 4.39 Å². The summed E-state index contributed by atoms with van der Waals surface area (Å²) in [7, 11) is 0. The Morgan fingerprint density at radius 2 is 2.00 bits per heavy atom. The molecule has 86 valence electrons. The number of hydrogen-bond acceptors (Lipinski definition) is 0. The van der Waals surface area contributed by atoms with E-state index < -0.39 is 0 Å². The lowest BCUT2D eigenvalue weighted by Crippen LogP contribution is -2.08. The molecule has 1 aromatic carbocycles. The molecule has 0 bridgehead atoms. The van der Waals surface area contributed by atoms with E-state index in [1.807, 2.05) is 12.3 Å².